The van der Waals surface area contributed by atoms with Gasteiger partial charge in [0.25, 0.3) is 5.91 Å². The number of hydrogen-bond donors (Lipinski definition) is 5. The van der Waals surface area contributed by atoms with Crippen molar-refractivity contribution in [1.82, 2.24) is 10.6 Å². The Morgan fingerprint density at radius 2 is 2.00 bits per heavy atom. The normalized spacial score (nSPS) is 18.3. The lowest BCUT2D eigenvalue weighted by molar-refractivity contribution is -0.136. The minimum atomic E-state index is -0.855. The SMILES string of the molecule is CCCCCCC(SCC1NC(=O)NC1=O)C(=O)O.NO. The van der Waals surface area contributed by atoms with E-state index >= 15 is 0 Å². The second-order valence-electron chi connectivity index (χ2n) is 4.52. The number of aliphatic carboxylic acids is 1. The molecule has 0 aromatic heterocycles. The van der Waals surface area contributed by atoms with E-state index in [-0.39, 0.29) is 5.91 Å². The number of unbranched alkanes of at least 4 members (excludes halogenated alkanes) is 3. The van der Waals surface area contributed by atoms with E-state index in [0.29, 0.717) is 12.2 Å². The minimum Gasteiger partial charge on any atom is -0.480 e. The van der Waals surface area contributed by atoms with Crippen LogP contribution in [0, 0.1) is 0 Å². The largest absolute Gasteiger partial charge is 0.480 e. The molecule has 1 fully saturated rings. The fourth-order valence-electron chi connectivity index (χ4n) is 1.82. The zero-order valence-electron chi connectivity index (χ0n) is 12.0. The minimum absolute atomic E-state index is 0.294. The van der Waals surface area contributed by atoms with Crippen molar-refractivity contribution in [2.24, 2.45) is 5.90 Å². The van der Waals surface area contributed by atoms with E-state index < -0.39 is 23.3 Å². The first kappa shape index (κ1) is 19.7. The van der Waals surface area contributed by atoms with Crippen LogP contribution in [0.2, 0.25) is 0 Å². The Bertz CT molecular complexity index is 354. The van der Waals surface area contributed by atoms with Gasteiger partial charge in [0.15, 0.2) is 0 Å². The number of carboxylic acid groups (broad SMARTS) is 1. The second-order valence-corrected chi connectivity index (χ2v) is 5.76. The van der Waals surface area contributed by atoms with Crippen LogP contribution in [0.15, 0.2) is 0 Å². The van der Waals surface area contributed by atoms with Gasteiger partial charge in [-0.3, -0.25) is 14.9 Å². The summed E-state index contributed by atoms with van der Waals surface area (Å²) in [4.78, 5) is 33.3. The van der Waals surface area contributed by atoms with Gasteiger partial charge in [-0.05, 0) is 6.42 Å². The number of imide groups is 1. The number of nitrogens with one attached hydrogen (secondary N) is 2. The van der Waals surface area contributed by atoms with Crippen molar-refractivity contribution in [3.05, 3.63) is 0 Å². The summed E-state index contributed by atoms with van der Waals surface area (Å²) in [6.45, 7) is 2.10. The van der Waals surface area contributed by atoms with E-state index in [9.17, 15) is 14.4 Å². The fourth-order valence-corrected chi connectivity index (χ4v) is 2.96. The number of rotatable bonds is 9. The van der Waals surface area contributed by atoms with Crippen LogP contribution in [-0.2, 0) is 9.59 Å². The number of amides is 3. The molecular formula is C12H23N3O5S. The fraction of sp³-hybridized carbons (Fsp3) is 0.750. The molecule has 1 aliphatic heterocycles. The standard InChI is InChI=1S/C12H20N2O4S.H3NO/c1-2-3-4-5-6-9(11(16)17)19-7-8-10(15)14-12(18)13-8;1-2/h8-9H,2-7H2,1H3,(H,16,17)(H2,13,14,15,18);2H,1H2. The lowest BCUT2D eigenvalue weighted by atomic mass is 10.1. The van der Waals surface area contributed by atoms with Gasteiger partial charge in [-0.25, -0.2) is 10.7 Å². The van der Waals surface area contributed by atoms with Crippen molar-refractivity contribution in [2.75, 3.05) is 5.75 Å². The van der Waals surface area contributed by atoms with Gasteiger partial charge in [-0.15, -0.1) is 11.8 Å². The monoisotopic (exact) mass is 321 g/mol. The van der Waals surface area contributed by atoms with Gasteiger partial charge in [0.2, 0.25) is 0 Å². The van der Waals surface area contributed by atoms with Gasteiger partial charge >= 0.3 is 12.0 Å². The van der Waals surface area contributed by atoms with E-state index in [1.165, 1.54) is 11.8 Å². The van der Waals surface area contributed by atoms with Crippen molar-refractivity contribution in [3.63, 3.8) is 0 Å². The smallest absolute Gasteiger partial charge is 0.322 e. The Hall–Kier alpha value is -1.32. The number of carboxylic acids is 1. The molecule has 9 heteroatoms. The third kappa shape index (κ3) is 7.88. The first-order chi connectivity index (χ1) is 10.0. The molecule has 1 aliphatic rings. The molecule has 21 heavy (non-hydrogen) atoms. The molecule has 1 rings (SSSR count). The molecule has 2 atom stereocenters. The Balaban J connectivity index is 0.00000191. The zero-order valence-corrected chi connectivity index (χ0v) is 12.8. The van der Waals surface area contributed by atoms with Crippen molar-refractivity contribution < 1.29 is 24.7 Å². The Kier molecular flexibility index (Phi) is 10.6. The van der Waals surface area contributed by atoms with Crippen LogP contribution >= 0.6 is 11.8 Å². The van der Waals surface area contributed by atoms with Crippen molar-refractivity contribution in [3.8, 4) is 0 Å². The molecule has 122 valence electrons. The average Bonchev–Trinajstić information content (AvgIpc) is 2.78. The Morgan fingerprint density at radius 3 is 2.48 bits per heavy atom. The predicted molar refractivity (Wildman–Crippen MR) is 79.1 cm³/mol. The van der Waals surface area contributed by atoms with Gasteiger partial charge in [0.1, 0.15) is 11.3 Å². The van der Waals surface area contributed by atoms with E-state index in [0.717, 1.165) is 25.7 Å². The van der Waals surface area contributed by atoms with E-state index in [1.807, 2.05) is 0 Å². The van der Waals surface area contributed by atoms with Crippen LogP contribution in [0.5, 0.6) is 0 Å². The highest BCUT2D eigenvalue weighted by Crippen LogP contribution is 2.20. The molecule has 6 N–H and O–H groups in total. The highest BCUT2D eigenvalue weighted by atomic mass is 32.2. The lowest BCUT2D eigenvalue weighted by Crippen LogP contribution is -2.33. The van der Waals surface area contributed by atoms with Crippen LogP contribution in [0.3, 0.4) is 0 Å². The number of hydrogen-bond acceptors (Lipinski definition) is 6. The molecule has 1 saturated heterocycles. The molecule has 2 unspecified atom stereocenters. The van der Waals surface area contributed by atoms with Crippen molar-refractivity contribution in [1.29, 1.82) is 0 Å². The molecular weight excluding hydrogens is 298 g/mol. The summed E-state index contributed by atoms with van der Waals surface area (Å²) < 4.78 is 0. The van der Waals surface area contributed by atoms with Crippen LogP contribution in [0.1, 0.15) is 39.0 Å². The summed E-state index contributed by atoms with van der Waals surface area (Å²) >= 11 is 1.22. The molecule has 0 saturated carbocycles. The number of urea groups is 1. The molecule has 0 bridgehead atoms. The Labute approximate surface area is 127 Å². The number of carbonyl (C=O) groups excluding carboxylic acids is 2. The molecule has 0 aromatic rings. The van der Waals surface area contributed by atoms with E-state index in [1.54, 1.807) is 0 Å². The second kappa shape index (κ2) is 11.4. The Morgan fingerprint density at radius 1 is 1.33 bits per heavy atom. The summed E-state index contributed by atoms with van der Waals surface area (Å²) in [5, 5.41) is 19.7. The van der Waals surface area contributed by atoms with Crippen LogP contribution in [0.25, 0.3) is 0 Å². The molecule has 0 aliphatic carbocycles. The maximum absolute atomic E-state index is 11.3. The van der Waals surface area contributed by atoms with Crippen LogP contribution in [-0.4, -0.2) is 45.3 Å². The maximum atomic E-state index is 11.3. The molecule has 1 heterocycles. The van der Waals surface area contributed by atoms with Crippen molar-refractivity contribution >= 4 is 29.7 Å². The number of carbonyl (C=O) groups is 3. The topological polar surface area (TPSA) is 142 Å². The van der Waals surface area contributed by atoms with E-state index in [2.05, 4.69) is 23.5 Å². The van der Waals surface area contributed by atoms with Crippen LogP contribution in [0.4, 0.5) is 4.79 Å². The summed E-state index contributed by atoms with van der Waals surface area (Å²) in [6.07, 6.45) is 4.72. The maximum Gasteiger partial charge on any atom is 0.322 e. The van der Waals surface area contributed by atoms with Gasteiger partial charge in [0, 0.05) is 5.75 Å². The summed E-state index contributed by atoms with van der Waals surface area (Å²) in [5.41, 5.74) is 0. The first-order valence-corrected chi connectivity index (χ1v) is 7.81. The highest BCUT2D eigenvalue weighted by Gasteiger charge is 2.31. The highest BCUT2D eigenvalue weighted by molar-refractivity contribution is 8.00. The number of nitrogens with two attached hydrogens (primary N) is 1. The lowest BCUT2D eigenvalue weighted by Gasteiger charge is -2.13. The third-order valence-corrected chi connectivity index (χ3v) is 4.28. The quantitative estimate of drug-likeness (QED) is 0.239. The molecule has 3 amide bonds. The summed E-state index contributed by atoms with van der Waals surface area (Å²) in [7, 11) is 0. The van der Waals surface area contributed by atoms with Gasteiger partial charge in [-0.2, -0.15) is 0 Å². The predicted octanol–water partition coefficient (Wildman–Crippen LogP) is 0.686. The zero-order chi connectivity index (χ0) is 16.3. The van der Waals surface area contributed by atoms with E-state index in [4.69, 9.17) is 10.3 Å². The molecule has 8 nitrogen and oxygen atoms in total. The molecule has 0 aromatic carbocycles. The van der Waals surface area contributed by atoms with Crippen LogP contribution < -0.4 is 16.5 Å². The van der Waals surface area contributed by atoms with Gasteiger partial charge in [-0.1, -0.05) is 32.6 Å². The van der Waals surface area contributed by atoms with Gasteiger partial charge in [0.05, 0.1) is 0 Å². The molecule has 0 spiro atoms. The summed E-state index contributed by atoms with van der Waals surface area (Å²) in [5.74, 6) is 2.56. The first-order valence-electron chi connectivity index (χ1n) is 6.76. The van der Waals surface area contributed by atoms with Crippen molar-refractivity contribution in [2.45, 2.75) is 50.3 Å². The van der Waals surface area contributed by atoms with Gasteiger partial charge < -0.3 is 15.6 Å². The molecule has 0 radical (unpaired) electrons. The average molecular weight is 321 g/mol. The number of thioether (sulfide) groups is 1. The third-order valence-electron chi connectivity index (χ3n) is 2.92. The summed E-state index contributed by atoms with van der Waals surface area (Å²) in [6, 6.07) is -1.12.